The maximum Gasteiger partial charge on any atom is 0.245 e. The molecule has 2 rings (SSSR count). The lowest BCUT2D eigenvalue weighted by Crippen LogP contribution is -2.54. The highest BCUT2D eigenvalue weighted by Crippen LogP contribution is 2.17. The van der Waals surface area contributed by atoms with Crippen molar-refractivity contribution in [3.63, 3.8) is 0 Å². The van der Waals surface area contributed by atoms with Gasteiger partial charge in [-0.1, -0.05) is 6.07 Å². The summed E-state index contributed by atoms with van der Waals surface area (Å²) < 4.78 is 5.42. The number of anilines is 1. The normalized spacial score (nSPS) is 18.9. The number of amides is 1. The molecule has 0 spiro atoms. The number of nitrogens with zero attached hydrogens (tertiary/aromatic N) is 2. The van der Waals surface area contributed by atoms with Gasteiger partial charge >= 0.3 is 0 Å². The quantitative estimate of drug-likeness (QED) is 0.802. The zero-order valence-electron chi connectivity index (χ0n) is 12.1. The molecule has 20 heavy (non-hydrogen) atoms. The summed E-state index contributed by atoms with van der Waals surface area (Å²) in [6.45, 7) is 5.03. The summed E-state index contributed by atoms with van der Waals surface area (Å²) >= 11 is 0. The summed E-state index contributed by atoms with van der Waals surface area (Å²) in [5, 5.41) is 5.94. The molecule has 0 aromatic carbocycles. The molecule has 1 aliphatic heterocycles. The molecular weight excluding hydrogens is 256 g/mol. The molecule has 110 valence electrons. The van der Waals surface area contributed by atoms with Crippen molar-refractivity contribution in [1.82, 2.24) is 15.6 Å². The molecule has 0 bridgehead atoms. The highest BCUT2D eigenvalue weighted by atomic mass is 16.5. The summed E-state index contributed by atoms with van der Waals surface area (Å²) in [6, 6.07) is 3.69. The van der Waals surface area contributed by atoms with Gasteiger partial charge in [0, 0.05) is 25.8 Å². The van der Waals surface area contributed by atoms with Crippen LogP contribution in [0, 0.1) is 0 Å². The van der Waals surface area contributed by atoms with Crippen LogP contribution in [0.4, 0.5) is 5.82 Å². The maximum atomic E-state index is 12.1. The van der Waals surface area contributed by atoms with E-state index in [1.54, 1.807) is 0 Å². The molecule has 1 unspecified atom stereocenters. The van der Waals surface area contributed by atoms with Crippen LogP contribution in [0.2, 0.25) is 0 Å². The lowest BCUT2D eigenvalue weighted by atomic mass is 10.2. The Morgan fingerprint density at radius 1 is 1.55 bits per heavy atom. The minimum Gasteiger partial charge on any atom is -0.377 e. The van der Waals surface area contributed by atoms with E-state index in [0.717, 1.165) is 17.9 Å². The first kappa shape index (κ1) is 14.7. The van der Waals surface area contributed by atoms with Crippen molar-refractivity contribution >= 4 is 11.7 Å². The Balaban J connectivity index is 2.12. The average Bonchev–Trinajstić information content (AvgIpc) is 2.49. The molecular formula is C14H22N4O2. The van der Waals surface area contributed by atoms with Crippen molar-refractivity contribution in [1.29, 1.82) is 0 Å². The van der Waals surface area contributed by atoms with Crippen LogP contribution in [0.25, 0.3) is 0 Å². The number of hydrogen-bond donors (Lipinski definition) is 2. The predicted molar refractivity (Wildman–Crippen MR) is 77.6 cm³/mol. The van der Waals surface area contributed by atoms with Gasteiger partial charge in [0.2, 0.25) is 5.91 Å². The van der Waals surface area contributed by atoms with E-state index in [0.29, 0.717) is 26.3 Å². The highest BCUT2D eigenvalue weighted by molar-refractivity contribution is 5.85. The Labute approximate surface area is 119 Å². The van der Waals surface area contributed by atoms with Crippen LogP contribution in [0.5, 0.6) is 0 Å². The number of likely N-dealkylation sites (N-methyl/N-ethyl adjacent to an activating group) is 1. The molecule has 1 aliphatic rings. The average molecular weight is 278 g/mol. The lowest BCUT2D eigenvalue weighted by molar-refractivity contribution is -0.124. The summed E-state index contributed by atoms with van der Waals surface area (Å²) in [4.78, 5) is 18.6. The Morgan fingerprint density at radius 3 is 3.05 bits per heavy atom. The van der Waals surface area contributed by atoms with Gasteiger partial charge in [-0.3, -0.25) is 4.79 Å². The Hall–Kier alpha value is -1.66. The molecule has 1 aromatic rings. The van der Waals surface area contributed by atoms with Gasteiger partial charge in [-0.25, -0.2) is 4.98 Å². The van der Waals surface area contributed by atoms with E-state index in [-0.39, 0.29) is 11.9 Å². The molecule has 1 amide bonds. The summed E-state index contributed by atoms with van der Waals surface area (Å²) in [7, 11) is 1.90. The van der Waals surface area contributed by atoms with Crippen LogP contribution < -0.4 is 15.5 Å². The van der Waals surface area contributed by atoms with Gasteiger partial charge in [-0.05, 0) is 25.6 Å². The van der Waals surface area contributed by atoms with Crippen LogP contribution >= 0.6 is 0 Å². The molecule has 1 aromatic heterocycles. The SMILES string of the molecule is CCNC(=O)C1COCCN1c1ccc(CNC)cn1. The monoisotopic (exact) mass is 278 g/mol. The van der Waals surface area contributed by atoms with Gasteiger partial charge in [0.25, 0.3) is 0 Å². The first-order valence-electron chi connectivity index (χ1n) is 6.98. The predicted octanol–water partition coefficient (Wildman–Crippen LogP) is 0.142. The lowest BCUT2D eigenvalue weighted by Gasteiger charge is -2.35. The number of hydrogen-bond acceptors (Lipinski definition) is 5. The minimum absolute atomic E-state index is 0.00620. The van der Waals surface area contributed by atoms with E-state index in [1.807, 2.05) is 37.2 Å². The number of ether oxygens (including phenoxy) is 1. The van der Waals surface area contributed by atoms with Crippen LogP contribution in [-0.2, 0) is 16.1 Å². The zero-order valence-corrected chi connectivity index (χ0v) is 12.1. The van der Waals surface area contributed by atoms with Crippen molar-refractivity contribution in [3.8, 4) is 0 Å². The maximum absolute atomic E-state index is 12.1. The summed E-state index contributed by atoms with van der Waals surface area (Å²) in [5.41, 5.74) is 1.12. The van der Waals surface area contributed by atoms with Crippen molar-refractivity contribution in [2.24, 2.45) is 0 Å². The topological polar surface area (TPSA) is 66.5 Å². The molecule has 0 saturated carbocycles. The van der Waals surface area contributed by atoms with Crippen LogP contribution in [0.15, 0.2) is 18.3 Å². The van der Waals surface area contributed by atoms with E-state index < -0.39 is 0 Å². The van der Waals surface area contributed by atoms with Gasteiger partial charge in [0.1, 0.15) is 11.9 Å². The van der Waals surface area contributed by atoms with Gasteiger partial charge in [0.15, 0.2) is 0 Å². The molecule has 6 nitrogen and oxygen atoms in total. The van der Waals surface area contributed by atoms with Crippen LogP contribution in [0.1, 0.15) is 12.5 Å². The largest absolute Gasteiger partial charge is 0.377 e. The molecule has 1 saturated heterocycles. The first-order valence-corrected chi connectivity index (χ1v) is 6.98. The fourth-order valence-electron chi connectivity index (χ4n) is 2.28. The third-order valence-electron chi connectivity index (χ3n) is 3.27. The van der Waals surface area contributed by atoms with Crippen molar-refractivity contribution < 1.29 is 9.53 Å². The Kier molecular flexibility index (Phi) is 5.31. The van der Waals surface area contributed by atoms with Gasteiger partial charge in [-0.15, -0.1) is 0 Å². The summed E-state index contributed by atoms with van der Waals surface area (Å²) in [5.74, 6) is 0.817. The van der Waals surface area contributed by atoms with Crippen LogP contribution in [-0.4, -0.2) is 50.3 Å². The Bertz CT molecular complexity index is 435. The minimum atomic E-state index is -0.300. The van der Waals surface area contributed by atoms with Gasteiger partial charge in [-0.2, -0.15) is 0 Å². The van der Waals surface area contributed by atoms with E-state index in [9.17, 15) is 4.79 Å². The molecule has 2 heterocycles. The number of aromatic nitrogens is 1. The highest BCUT2D eigenvalue weighted by Gasteiger charge is 2.29. The molecule has 1 atom stereocenters. The smallest absolute Gasteiger partial charge is 0.245 e. The number of rotatable bonds is 5. The van der Waals surface area contributed by atoms with E-state index >= 15 is 0 Å². The van der Waals surface area contributed by atoms with Gasteiger partial charge in [0.05, 0.1) is 13.2 Å². The van der Waals surface area contributed by atoms with Gasteiger partial charge < -0.3 is 20.3 Å². The molecule has 6 heteroatoms. The fourth-order valence-corrected chi connectivity index (χ4v) is 2.28. The number of nitrogens with one attached hydrogen (secondary N) is 2. The zero-order chi connectivity index (χ0) is 14.4. The molecule has 0 radical (unpaired) electrons. The standard InChI is InChI=1S/C14H22N4O2/c1-3-16-14(19)12-10-20-7-6-18(12)13-5-4-11(8-15-2)9-17-13/h4-5,9,12,15H,3,6-8,10H2,1-2H3,(H,16,19). The number of morpholine rings is 1. The second kappa shape index (κ2) is 7.21. The summed E-state index contributed by atoms with van der Waals surface area (Å²) in [6.07, 6.45) is 1.84. The third-order valence-corrected chi connectivity index (χ3v) is 3.27. The van der Waals surface area contributed by atoms with E-state index in [1.165, 1.54) is 0 Å². The van der Waals surface area contributed by atoms with Crippen molar-refractivity contribution in [3.05, 3.63) is 23.9 Å². The molecule has 1 fully saturated rings. The first-order chi connectivity index (χ1) is 9.76. The number of carbonyl (C=O) groups excluding carboxylic acids is 1. The van der Waals surface area contributed by atoms with Crippen molar-refractivity contribution in [2.45, 2.75) is 19.5 Å². The second-order valence-corrected chi connectivity index (χ2v) is 4.73. The third kappa shape index (κ3) is 3.46. The van der Waals surface area contributed by atoms with Crippen LogP contribution in [0.3, 0.4) is 0 Å². The number of carbonyl (C=O) groups is 1. The second-order valence-electron chi connectivity index (χ2n) is 4.73. The Morgan fingerprint density at radius 2 is 2.40 bits per heavy atom. The number of pyridine rings is 1. The van der Waals surface area contributed by atoms with E-state index in [4.69, 9.17) is 4.74 Å². The molecule has 0 aliphatic carbocycles. The van der Waals surface area contributed by atoms with E-state index in [2.05, 4.69) is 15.6 Å². The van der Waals surface area contributed by atoms with Crippen molar-refractivity contribution in [2.75, 3.05) is 38.3 Å². The molecule has 2 N–H and O–H groups in total. The fraction of sp³-hybridized carbons (Fsp3) is 0.571.